The summed E-state index contributed by atoms with van der Waals surface area (Å²) in [6.07, 6.45) is 6.90. The van der Waals surface area contributed by atoms with Gasteiger partial charge in [0.1, 0.15) is 18.0 Å². The molecule has 0 aromatic carbocycles. The van der Waals surface area contributed by atoms with E-state index in [1.807, 2.05) is 6.07 Å². The molecule has 3 rings (SSSR count). The Balaban J connectivity index is 1.53. The number of rotatable bonds is 5. The zero-order chi connectivity index (χ0) is 12.2. The first-order chi connectivity index (χ1) is 8.90. The first-order valence-corrected chi connectivity index (χ1v) is 6.93. The molecular weight excluding hydrogens is 226 g/mol. The van der Waals surface area contributed by atoms with Gasteiger partial charge in [0.25, 0.3) is 0 Å². The first kappa shape index (κ1) is 11.7. The maximum atomic E-state index is 4.27. The Morgan fingerprint density at radius 3 is 2.83 bits per heavy atom. The molecule has 98 valence electrons. The molecule has 1 aliphatic heterocycles. The highest BCUT2D eigenvalue weighted by atomic mass is 15.1. The molecule has 0 spiro atoms. The minimum atomic E-state index is 0.499. The molecule has 1 aliphatic carbocycles. The van der Waals surface area contributed by atoms with Gasteiger partial charge in [0.05, 0.1) is 0 Å². The minimum Gasteiger partial charge on any atom is -0.370 e. The average molecular weight is 247 g/mol. The van der Waals surface area contributed by atoms with E-state index in [-0.39, 0.29) is 0 Å². The van der Waals surface area contributed by atoms with Gasteiger partial charge in [-0.2, -0.15) is 0 Å². The van der Waals surface area contributed by atoms with Crippen molar-refractivity contribution in [2.75, 3.05) is 30.3 Å². The highest BCUT2D eigenvalue weighted by molar-refractivity contribution is 5.47. The van der Waals surface area contributed by atoms with Gasteiger partial charge in [0, 0.05) is 25.2 Å². The van der Waals surface area contributed by atoms with Crippen molar-refractivity contribution in [3.8, 4) is 0 Å². The van der Waals surface area contributed by atoms with Crippen LogP contribution in [0.2, 0.25) is 0 Å². The fourth-order valence-corrected chi connectivity index (χ4v) is 2.47. The van der Waals surface area contributed by atoms with Crippen LogP contribution in [0.15, 0.2) is 12.4 Å². The van der Waals surface area contributed by atoms with Crippen LogP contribution in [0.25, 0.3) is 0 Å². The van der Waals surface area contributed by atoms with E-state index in [4.69, 9.17) is 0 Å². The van der Waals surface area contributed by atoms with E-state index in [0.29, 0.717) is 6.04 Å². The van der Waals surface area contributed by atoms with E-state index in [2.05, 4.69) is 25.9 Å². The normalized spacial score (nSPS) is 23.7. The summed E-state index contributed by atoms with van der Waals surface area (Å²) in [6, 6.07) is 2.51. The number of anilines is 2. The van der Waals surface area contributed by atoms with Crippen molar-refractivity contribution in [3.05, 3.63) is 12.4 Å². The number of hydrogen-bond acceptors (Lipinski definition) is 5. The quantitative estimate of drug-likeness (QED) is 0.735. The van der Waals surface area contributed by atoms with Gasteiger partial charge in [0.15, 0.2) is 0 Å². The molecule has 1 atom stereocenters. The molecule has 1 aromatic rings. The van der Waals surface area contributed by atoms with Gasteiger partial charge in [-0.3, -0.25) is 0 Å². The lowest BCUT2D eigenvalue weighted by atomic mass is 9.85. The topological polar surface area (TPSA) is 61.9 Å². The second-order valence-corrected chi connectivity index (χ2v) is 5.30. The lowest BCUT2D eigenvalue weighted by molar-refractivity contribution is 0.333. The highest BCUT2D eigenvalue weighted by Crippen LogP contribution is 2.26. The van der Waals surface area contributed by atoms with Crippen LogP contribution in [0.4, 0.5) is 11.6 Å². The zero-order valence-corrected chi connectivity index (χ0v) is 10.7. The van der Waals surface area contributed by atoms with Crippen LogP contribution in [0.5, 0.6) is 0 Å². The number of nitrogens with zero attached hydrogens (tertiary/aromatic N) is 2. The summed E-state index contributed by atoms with van der Waals surface area (Å²) in [4.78, 5) is 8.54. The van der Waals surface area contributed by atoms with Crippen LogP contribution in [-0.2, 0) is 0 Å². The minimum absolute atomic E-state index is 0.499. The summed E-state index contributed by atoms with van der Waals surface area (Å²) in [5, 5.41) is 10.2. The molecule has 1 unspecified atom stereocenters. The van der Waals surface area contributed by atoms with Gasteiger partial charge in [-0.15, -0.1) is 0 Å². The molecule has 5 heteroatoms. The third-order valence-electron chi connectivity index (χ3n) is 3.88. The summed E-state index contributed by atoms with van der Waals surface area (Å²) in [5.74, 6) is 2.70. The second-order valence-electron chi connectivity index (χ2n) is 5.30. The van der Waals surface area contributed by atoms with Gasteiger partial charge in [0.2, 0.25) is 0 Å². The molecule has 1 aromatic heterocycles. The van der Waals surface area contributed by atoms with Crippen LogP contribution >= 0.6 is 0 Å². The largest absolute Gasteiger partial charge is 0.370 e. The third-order valence-corrected chi connectivity index (χ3v) is 3.88. The molecule has 1 saturated heterocycles. The van der Waals surface area contributed by atoms with Gasteiger partial charge in [-0.05, 0) is 31.7 Å². The fraction of sp³-hybridized carbons (Fsp3) is 0.692. The van der Waals surface area contributed by atoms with Crippen molar-refractivity contribution in [1.29, 1.82) is 0 Å². The van der Waals surface area contributed by atoms with E-state index in [1.54, 1.807) is 6.33 Å². The van der Waals surface area contributed by atoms with Gasteiger partial charge >= 0.3 is 0 Å². The Hall–Kier alpha value is -1.36. The molecule has 18 heavy (non-hydrogen) atoms. The van der Waals surface area contributed by atoms with Crippen molar-refractivity contribution in [1.82, 2.24) is 15.3 Å². The Labute approximate surface area is 108 Å². The molecule has 2 aliphatic rings. The molecular formula is C13H21N5. The van der Waals surface area contributed by atoms with Crippen LogP contribution in [0.3, 0.4) is 0 Å². The van der Waals surface area contributed by atoms with Crippen LogP contribution in [-0.4, -0.2) is 35.6 Å². The predicted molar refractivity (Wildman–Crippen MR) is 72.8 cm³/mol. The van der Waals surface area contributed by atoms with Crippen molar-refractivity contribution in [2.45, 2.75) is 31.7 Å². The molecule has 5 nitrogen and oxygen atoms in total. The summed E-state index contributed by atoms with van der Waals surface area (Å²) in [6.45, 7) is 3.16. The monoisotopic (exact) mass is 247 g/mol. The van der Waals surface area contributed by atoms with Gasteiger partial charge < -0.3 is 16.0 Å². The number of hydrogen-bond donors (Lipinski definition) is 3. The number of nitrogens with one attached hydrogen (secondary N) is 3. The van der Waals surface area contributed by atoms with Gasteiger partial charge in [-0.1, -0.05) is 6.42 Å². The maximum absolute atomic E-state index is 4.27. The van der Waals surface area contributed by atoms with Crippen molar-refractivity contribution < 1.29 is 0 Å². The number of aromatic nitrogens is 2. The molecule has 0 radical (unpaired) electrons. The standard InChI is InChI=1S/C13H21N5/c1-2-10(3-1)7-15-12-6-13(17-9-16-12)18-11-4-5-14-8-11/h6,9-11,14H,1-5,7-8H2,(H2,15,16,17,18). The second kappa shape index (κ2) is 5.52. The molecule has 2 heterocycles. The van der Waals surface area contributed by atoms with E-state index >= 15 is 0 Å². The first-order valence-electron chi connectivity index (χ1n) is 6.93. The summed E-state index contributed by atoms with van der Waals surface area (Å²) in [7, 11) is 0. The molecule has 3 N–H and O–H groups in total. The Bertz CT molecular complexity index is 385. The van der Waals surface area contributed by atoms with Crippen LogP contribution < -0.4 is 16.0 Å². The fourth-order valence-electron chi connectivity index (χ4n) is 2.47. The molecule has 0 amide bonds. The van der Waals surface area contributed by atoms with E-state index in [0.717, 1.165) is 43.6 Å². The van der Waals surface area contributed by atoms with Crippen molar-refractivity contribution in [2.24, 2.45) is 5.92 Å². The Morgan fingerprint density at radius 2 is 2.11 bits per heavy atom. The summed E-state index contributed by atoms with van der Waals surface area (Å²) < 4.78 is 0. The molecule has 2 fully saturated rings. The molecule has 0 bridgehead atoms. The van der Waals surface area contributed by atoms with E-state index in [1.165, 1.54) is 19.3 Å². The maximum Gasteiger partial charge on any atom is 0.131 e. The van der Waals surface area contributed by atoms with E-state index < -0.39 is 0 Å². The van der Waals surface area contributed by atoms with Crippen LogP contribution in [0, 0.1) is 5.92 Å². The lowest BCUT2D eigenvalue weighted by Gasteiger charge is -2.25. The SMILES string of the molecule is c1nc(NCC2CCC2)cc(NC2CCNC2)n1. The van der Waals surface area contributed by atoms with E-state index in [9.17, 15) is 0 Å². The Kier molecular flexibility index (Phi) is 3.59. The smallest absolute Gasteiger partial charge is 0.131 e. The molecule has 1 saturated carbocycles. The van der Waals surface area contributed by atoms with Gasteiger partial charge in [-0.25, -0.2) is 9.97 Å². The summed E-state index contributed by atoms with van der Waals surface area (Å²) >= 11 is 0. The third kappa shape index (κ3) is 2.90. The Morgan fingerprint density at radius 1 is 1.22 bits per heavy atom. The highest BCUT2D eigenvalue weighted by Gasteiger charge is 2.17. The predicted octanol–water partition coefficient (Wildman–Crippen LogP) is 1.46. The average Bonchev–Trinajstić information content (AvgIpc) is 2.80. The zero-order valence-electron chi connectivity index (χ0n) is 10.7. The summed E-state index contributed by atoms with van der Waals surface area (Å²) in [5.41, 5.74) is 0. The van der Waals surface area contributed by atoms with Crippen molar-refractivity contribution >= 4 is 11.6 Å². The van der Waals surface area contributed by atoms with Crippen LogP contribution in [0.1, 0.15) is 25.7 Å². The lowest BCUT2D eigenvalue weighted by Crippen LogP contribution is -2.23. The van der Waals surface area contributed by atoms with Crippen molar-refractivity contribution in [3.63, 3.8) is 0 Å².